The maximum absolute atomic E-state index is 5.98. The number of furan rings is 1. The molecule has 0 aliphatic heterocycles. The Labute approximate surface area is 702 Å². The van der Waals surface area contributed by atoms with Crippen LogP contribution in [0.5, 0.6) is 0 Å². The first-order valence-corrected chi connectivity index (χ1v) is 41.1. The summed E-state index contributed by atoms with van der Waals surface area (Å²) in [4.78, 5) is 23.1. The van der Waals surface area contributed by atoms with E-state index in [4.69, 9.17) is 14.4 Å². The molecule has 22 heteroatoms. The Bertz CT molecular complexity index is 8310. The summed E-state index contributed by atoms with van der Waals surface area (Å²) in [5, 5.41) is 13.3. The van der Waals surface area contributed by atoms with Crippen LogP contribution < -0.4 is 0 Å². The number of benzene rings is 14. The summed E-state index contributed by atoms with van der Waals surface area (Å²) in [6, 6.07) is 111. The van der Waals surface area contributed by atoms with Crippen LogP contribution in [0.2, 0.25) is 0 Å². The van der Waals surface area contributed by atoms with Gasteiger partial charge in [-0.15, -0.1) is 0 Å². The zero-order valence-electron chi connectivity index (χ0n) is 63.7. The van der Waals surface area contributed by atoms with Gasteiger partial charge in [0.15, 0.2) is 0 Å². The molecule has 570 valence electrons. The number of nitrogens with zero attached hydrogens (tertiary/aromatic N) is 18. The van der Waals surface area contributed by atoms with Crippen molar-refractivity contribution in [1.82, 2.24) is 84.8 Å². The third-order valence-electron chi connectivity index (χ3n) is 21.9. The van der Waals surface area contributed by atoms with Gasteiger partial charge in [0.05, 0.1) is 88.6 Å². The molecule has 0 unspecified atom stereocenters. The molecule has 12 aromatic heterocycles. The quantitative estimate of drug-likeness (QED) is 0.159. The lowest BCUT2D eigenvalue weighted by molar-refractivity contribution is 0.669. The van der Waals surface area contributed by atoms with Gasteiger partial charge in [-0.25, -0.2) is 15.0 Å². The first kappa shape index (κ1) is 70.9. The molecular weight excluding hydrogens is 1670 g/mol. The Morgan fingerprint density at radius 3 is 1.35 bits per heavy atom. The zero-order valence-corrected chi connectivity index (χ0v) is 68.4. The van der Waals surface area contributed by atoms with Gasteiger partial charge in [0, 0.05) is 82.5 Å². The molecule has 0 radical (unpaired) electrons. The van der Waals surface area contributed by atoms with E-state index in [1.165, 1.54) is 44.0 Å². The lowest BCUT2D eigenvalue weighted by Crippen LogP contribution is -1.96. The van der Waals surface area contributed by atoms with Crippen LogP contribution in [0, 0.1) is 13.8 Å². The van der Waals surface area contributed by atoms with Crippen LogP contribution in [0.3, 0.4) is 0 Å². The second-order valence-corrected chi connectivity index (χ2v) is 31.9. The molecule has 0 amide bonds. The van der Waals surface area contributed by atoms with Crippen LogP contribution in [0.15, 0.2) is 377 Å². The summed E-state index contributed by atoms with van der Waals surface area (Å²) < 4.78 is 32.5. The molecule has 0 N–H and O–H groups in total. The third-order valence-corrected chi connectivity index (χ3v) is 23.4. The number of hydrogen-bond donors (Lipinski definition) is 0. The van der Waals surface area contributed by atoms with E-state index in [1.807, 2.05) is 106 Å². The fourth-order valence-electron chi connectivity index (χ4n) is 16.8. The van der Waals surface area contributed by atoms with Crippen molar-refractivity contribution in [3.8, 4) is 34.1 Å². The van der Waals surface area contributed by atoms with Crippen molar-refractivity contribution in [2.75, 3.05) is 0 Å². The molecular formula is C97H65Br3N18O. The topological polar surface area (TPSA) is 155 Å². The molecule has 0 spiro atoms. The Morgan fingerprint density at radius 2 is 0.706 bits per heavy atom. The highest BCUT2D eigenvalue weighted by Crippen LogP contribution is 2.39. The highest BCUT2D eigenvalue weighted by molar-refractivity contribution is 9.11. The molecule has 26 rings (SSSR count). The maximum Gasteiger partial charge on any atom is 0.238 e. The second kappa shape index (κ2) is 28.9. The third kappa shape index (κ3) is 12.1. The first-order valence-electron chi connectivity index (χ1n) is 38.7. The van der Waals surface area contributed by atoms with E-state index in [1.54, 1.807) is 12.7 Å². The van der Waals surface area contributed by atoms with E-state index in [0.717, 1.165) is 154 Å². The number of aryl methyl sites for hydroxylation is 2. The van der Waals surface area contributed by atoms with Crippen molar-refractivity contribution < 1.29 is 4.42 Å². The molecule has 119 heavy (non-hydrogen) atoms. The summed E-state index contributed by atoms with van der Waals surface area (Å²) in [6.07, 6.45) is 11.1. The minimum absolute atomic E-state index is 0.791. The molecule has 0 saturated heterocycles. The highest BCUT2D eigenvalue weighted by Gasteiger charge is 2.22. The molecule has 0 atom stereocenters. The Balaban J connectivity index is 0.0000000920. The van der Waals surface area contributed by atoms with Crippen LogP contribution >= 0.6 is 47.8 Å². The standard InChI is InChI=1S/C31H19BrN4.C20H11BrN4O.2C16H13N3.C14H9BrN4/c32-20-8-7-9-21(18-20)34-26-12-3-1-10-23(26)24-19-22(16-17-27(24)34)35-29-14-5-6-15-30(29)36-28-13-4-2-11-25(28)33-31(35)36;21-12-5-7-18-14(9-12)15-10-13(6-8-19(15)26-18)24-16-3-1-2-4-17(16)25-20(24)22-11-23-25;1-12-5-4-6-13(11-12)18-9-10-19-15-8-3-2-7-14(15)17-16(18)19;1-12-5-4-6-13(11-12)19-15-8-3-2-7-14(15)18-10-9-17-16(18)19;15-10-4-3-5-11(8-10)18-12-6-1-2-7-13(12)19-14(18)16-9-17-19/h1-19H;1-11H;2*2-11H,1H3;1-9H. The fourth-order valence-corrected chi connectivity index (χ4v) is 17.9. The molecule has 0 aliphatic carbocycles. The number of fused-ring (bicyclic) bond motifs is 23. The van der Waals surface area contributed by atoms with E-state index in [2.05, 4.69) is 376 Å². The smallest absolute Gasteiger partial charge is 0.238 e. The van der Waals surface area contributed by atoms with Gasteiger partial charge in [-0.2, -0.15) is 29.2 Å². The summed E-state index contributed by atoms with van der Waals surface area (Å²) >= 11 is 10.7. The molecule has 0 saturated carbocycles. The van der Waals surface area contributed by atoms with E-state index >= 15 is 0 Å². The van der Waals surface area contributed by atoms with Gasteiger partial charge < -0.3 is 8.98 Å². The van der Waals surface area contributed by atoms with Crippen molar-refractivity contribution in [2.45, 2.75) is 13.8 Å². The number of rotatable bonds is 6. The number of hydrogen-bond acceptors (Lipinski definition) is 8. The summed E-state index contributed by atoms with van der Waals surface area (Å²) in [5.74, 6) is 4.44. The van der Waals surface area contributed by atoms with E-state index in [9.17, 15) is 0 Å². The van der Waals surface area contributed by atoms with Crippen LogP contribution in [0.1, 0.15) is 11.1 Å². The van der Waals surface area contributed by atoms with Gasteiger partial charge in [0.1, 0.15) is 23.8 Å². The number of aromatic nitrogens is 18. The predicted octanol–water partition coefficient (Wildman–Crippen LogP) is 24.2. The summed E-state index contributed by atoms with van der Waals surface area (Å²) in [6.45, 7) is 4.21. The largest absolute Gasteiger partial charge is 0.456 e. The average molecular weight is 1740 g/mol. The SMILES string of the molecule is Brc1ccc2oc3ccc(-n4c5ccccc5n5ncnc45)cc3c2c1.Brc1cccc(-n2c3ccccc3c3cc(-n4c5ccccc5n5c6ccccc6nc45)ccc32)c1.Brc1cccc(-n2c3ccccc3n3ncnc23)c1.Cc1cccc(-n2c3ccccc3n3ccnc23)c1.Cc1cccc(-n2ccn3c4ccccc4nc23)c1. The molecule has 0 fully saturated rings. The maximum atomic E-state index is 5.98. The average Bonchev–Trinajstić information content (AvgIpc) is 1.56. The minimum atomic E-state index is 0.791. The zero-order chi connectivity index (χ0) is 79.5. The van der Waals surface area contributed by atoms with Crippen molar-refractivity contribution in [1.29, 1.82) is 0 Å². The monoisotopic (exact) mass is 1730 g/mol. The van der Waals surface area contributed by atoms with Crippen LogP contribution in [0.4, 0.5) is 0 Å². The van der Waals surface area contributed by atoms with Crippen LogP contribution in [-0.2, 0) is 0 Å². The highest BCUT2D eigenvalue weighted by atomic mass is 79.9. The van der Waals surface area contributed by atoms with Crippen molar-refractivity contribution in [3.05, 3.63) is 384 Å². The fraction of sp³-hybridized carbons (Fsp3) is 0.0206. The molecule has 0 bridgehead atoms. The van der Waals surface area contributed by atoms with E-state index in [-0.39, 0.29) is 0 Å². The first-order chi connectivity index (χ1) is 58.6. The number of para-hydroxylation sites is 13. The molecule has 0 aliphatic rings. The van der Waals surface area contributed by atoms with Crippen LogP contribution in [-0.4, -0.2) is 84.8 Å². The van der Waals surface area contributed by atoms with Gasteiger partial charge >= 0.3 is 0 Å². The van der Waals surface area contributed by atoms with Gasteiger partial charge in [-0.05, 0) is 219 Å². The summed E-state index contributed by atoms with van der Waals surface area (Å²) in [5.41, 5.74) is 26.4. The van der Waals surface area contributed by atoms with Crippen molar-refractivity contribution in [2.24, 2.45) is 0 Å². The van der Waals surface area contributed by atoms with Gasteiger partial charge in [-0.1, -0.05) is 175 Å². The Kier molecular flexibility index (Phi) is 17.2. The number of imidazole rings is 8. The normalized spacial score (nSPS) is 11.7. The molecule has 19 nitrogen and oxygen atoms in total. The summed E-state index contributed by atoms with van der Waals surface area (Å²) in [7, 11) is 0. The van der Waals surface area contributed by atoms with Gasteiger partial charge in [0.2, 0.25) is 28.9 Å². The molecule has 12 heterocycles. The number of halogens is 3. The van der Waals surface area contributed by atoms with Gasteiger partial charge in [-0.3, -0.25) is 36.0 Å². The minimum Gasteiger partial charge on any atom is -0.456 e. The van der Waals surface area contributed by atoms with Crippen molar-refractivity contribution >= 4 is 187 Å². The lowest BCUT2D eigenvalue weighted by Gasteiger charge is -2.09. The predicted molar refractivity (Wildman–Crippen MR) is 487 cm³/mol. The molecule has 14 aromatic carbocycles. The van der Waals surface area contributed by atoms with Crippen LogP contribution in [0.25, 0.3) is 173 Å². The van der Waals surface area contributed by atoms with E-state index < -0.39 is 0 Å². The second-order valence-electron chi connectivity index (χ2n) is 29.1. The lowest BCUT2D eigenvalue weighted by atomic mass is 10.1. The Morgan fingerprint density at radius 1 is 0.269 bits per heavy atom. The molecule has 26 aromatic rings. The van der Waals surface area contributed by atoms with Gasteiger partial charge in [0.25, 0.3) is 0 Å². The van der Waals surface area contributed by atoms with Crippen molar-refractivity contribution in [3.63, 3.8) is 0 Å². The van der Waals surface area contributed by atoms with E-state index in [0.29, 0.717) is 0 Å². The Hall–Kier alpha value is -14.7.